The number of amides is 1. The van der Waals surface area contributed by atoms with E-state index in [0.29, 0.717) is 6.61 Å². The van der Waals surface area contributed by atoms with Gasteiger partial charge < -0.3 is 10.1 Å². The second-order valence-corrected chi connectivity index (χ2v) is 5.30. The number of carbonyl (C=O) groups is 1. The van der Waals surface area contributed by atoms with Crippen LogP contribution in [-0.2, 0) is 4.74 Å². The van der Waals surface area contributed by atoms with E-state index in [1.54, 1.807) is 11.3 Å². The van der Waals surface area contributed by atoms with Crippen molar-refractivity contribution in [3.8, 4) is 0 Å². The molecule has 1 aliphatic heterocycles. The van der Waals surface area contributed by atoms with E-state index in [0.717, 1.165) is 8.66 Å². The molecule has 1 amide bonds. The van der Waals surface area contributed by atoms with Crippen LogP contribution in [0.15, 0.2) is 9.85 Å². The van der Waals surface area contributed by atoms with Crippen LogP contribution < -0.4 is 5.32 Å². The highest BCUT2D eigenvalue weighted by molar-refractivity contribution is 9.11. The fourth-order valence-electron chi connectivity index (χ4n) is 1.19. The van der Waals surface area contributed by atoms with Crippen LogP contribution in [0.3, 0.4) is 0 Å². The molecule has 1 saturated heterocycles. The fraction of sp³-hybridized carbons (Fsp3) is 0.375. The van der Waals surface area contributed by atoms with Crippen LogP contribution in [0.5, 0.6) is 0 Å². The van der Waals surface area contributed by atoms with Gasteiger partial charge in [0.25, 0.3) is 0 Å². The van der Waals surface area contributed by atoms with Gasteiger partial charge in [-0.3, -0.25) is 0 Å². The molecule has 1 aromatic heterocycles. The zero-order valence-corrected chi connectivity index (χ0v) is 9.37. The summed E-state index contributed by atoms with van der Waals surface area (Å²) in [5.41, 5.74) is 1.20. The number of cyclic esters (lactones) is 1. The number of hydrogen-bond acceptors (Lipinski definition) is 3. The Kier molecular flexibility index (Phi) is 2.29. The largest absolute Gasteiger partial charge is 0.447 e. The quantitative estimate of drug-likeness (QED) is 0.844. The van der Waals surface area contributed by atoms with Gasteiger partial charge in [-0.25, -0.2) is 4.79 Å². The maximum Gasteiger partial charge on any atom is 0.407 e. The first-order valence-electron chi connectivity index (χ1n) is 3.86. The average Bonchev–Trinajstić information content (AvgIpc) is 2.61. The molecule has 3 nitrogen and oxygen atoms in total. The van der Waals surface area contributed by atoms with Crippen LogP contribution in [0.25, 0.3) is 0 Å². The van der Waals surface area contributed by atoms with Crippen LogP contribution in [0.4, 0.5) is 4.79 Å². The molecule has 0 aromatic carbocycles. The summed E-state index contributed by atoms with van der Waals surface area (Å²) in [7, 11) is 0. The first-order valence-corrected chi connectivity index (χ1v) is 5.47. The highest BCUT2D eigenvalue weighted by atomic mass is 79.9. The predicted octanol–water partition coefficient (Wildman–Crippen LogP) is 2.60. The molecule has 0 radical (unpaired) electrons. The minimum atomic E-state index is -0.327. The number of rotatable bonds is 1. The molecule has 0 saturated carbocycles. The standard InChI is InChI=1S/C8H8BrNO2S/c1-4-2-6(13-7(4)9)5-3-12-8(11)10-5/h2,5H,3H2,1H3,(H,10,11)/t5-/m0/s1. The lowest BCUT2D eigenvalue weighted by Crippen LogP contribution is -2.17. The molecule has 0 bridgehead atoms. The highest BCUT2D eigenvalue weighted by Crippen LogP contribution is 2.32. The monoisotopic (exact) mass is 261 g/mol. The maximum absolute atomic E-state index is 10.8. The van der Waals surface area contributed by atoms with Gasteiger partial charge in [0.1, 0.15) is 12.6 Å². The Bertz CT molecular complexity index is 330. The van der Waals surface area contributed by atoms with Gasteiger partial charge in [0, 0.05) is 4.88 Å². The van der Waals surface area contributed by atoms with E-state index in [4.69, 9.17) is 4.74 Å². The Balaban J connectivity index is 2.21. The maximum atomic E-state index is 10.8. The molecule has 13 heavy (non-hydrogen) atoms. The van der Waals surface area contributed by atoms with Crippen molar-refractivity contribution in [3.05, 3.63) is 20.3 Å². The highest BCUT2D eigenvalue weighted by Gasteiger charge is 2.25. The van der Waals surface area contributed by atoms with Crippen LogP contribution in [0, 0.1) is 6.92 Å². The smallest absolute Gasteiger partial charge is 0.407 e. The first-order chi connectivity index (χ1) is 6.16. The molecule has 2 heterocycles. The zero-order chi connectivity index (χ0) is 9.42. The topological polar surface area (TPSA) is 38.3 Å². The summed E-state index contributed by atoms with van der Waals surface area (Å²) in [5.74, 6) is 0. The Morgan fingerprint density at radius 3 is 3.00 bits per heavy atom. The number of aryl methyl sites for hydroxylation is 1. The molecule has 0 unspecified atom stereocenters. The second kappa shape index (κ2) is 3.31. The molecule has 0 spiro atoms. The van der Waals surface area contributed by atoms with Crippen LogP contribution >= 0.6 is 27.3 Å². The van der Waals surface area contributed by atoms with E-state index in [1.807, 2.05) is 6.92 Å². The number of halogens is 1. The lowest BCUT2D eigenvalue weighted by Gasteiger charge is -2.01. The molecule has 1 N–H and O–H groups in total. The molecule has 1 fully saturated rings. The van der Waals surface area contributed by atoms with E-state index in [2.05, 4.69) is 27.3 Å². The molecule has 2 rings (SSSR count). The number of alkyl carbamates (subject to hydrolysis) is 1. The third-order valence-electron chi connectivity index (χ3n) is 1.89. The fourth-order valence-corrected chi connectivity index (χ4v) is 2.80. The lowest BCUT2D eigenvalue weighted by atomic mass is 10.2. The third kappa shape index (κ3) is 1.71. The summed E-state index contributed by atoms with van der Waals surface area (Å²) >= 11 is 5.08. The van der Waals surface area contributed by atoms with Gasteiger partial charge in [0.2, 0.25) is 0 Å². The van der Waals surface area contributed by atoms with Crippen molar-refractivity contribution in [1.82, 2.24) is 5.32 Å². The van der Waals surface area contributed by atoms with Crippen LogP contribution in [0.2, 0.25) is 0 Å². The van der Waals surface area contributed by atoms with E-state index in [1.165, 1.54) is 5.56 Å². The minimum Gasteiger partial charge on any atom is -0.447 e. The molecular weight excluding hydrogens is 254 g/mol. The summed E-state index contributed by atoms with van der Waals surface area (Å²) in [6.07, 6.45) is -0.327. The Morgan fingerprint density at radius 1 is 1.77 bits per heavy atom. The third-order valence-corrected chi connectivity index (χ3v) is 4.14. The minimum absolute atomic E-state index is 0.0301. The number of carbonyl (C=O) groups excluding carboxylic acids is 1. The van der Waals surface area contributed by atoms with E-state index in [9.17, 15) is 4.79 Å². The number of ether oxygens (including phenoxy) is 1. The van der Waals surface area contributed by atoms with Gasteiger partial charge in [-0.2, -0.15) is 0 Å². The first kappa shape index (κ1) is 9.02. The summed E-state index contributed by atoms with van der Waals surface area (Å²) in [6, 6.07) is 2.09. The molecular formula is C8H8BrNO2S. The normalized spacial score (nSPS) is 21.4. The Hall–Kier alpha value is -0.550. The second-order valence-electron chi connectivity index (χ2n) is 2.90. The summed E-state index contributed by atoms with van der Waals surface area (Å²) in [5, 5.41) is 2.74. The predicted molar refractivity (Wildman–Crippen MR) is 54.0 cm³/mol. The molecule has 1 atom stereocenters. The number of nitrogens with one attached hydrogen (secondary N) is 1. The SMILES string of the molecule is Cc1cc([C@@H]2COC(=O)N2)sc1Br. The van der Waals surface area contributed by atoms with E-state index < -0.39 is 0 Å². The van der Waals surface area contributed by atoms with E-state index in [-0.39, 0.29) is 12.1 Å². The molecule has 0 aliphatic carbocycles. The van der Waals surface area contributed by atoms with Crippen molar-refractivity contribution in [1.29, 1.82) is 0 Å². The Labute approximate surface area is 88.2 Å². The van der Waals surface area contributed by atoms with Gasteiger partial charge in [0.15, 0.2) is 0 Å². The van der Waals surface area contributed by atoms with Gasteiger partial charge in [-0.15, -0.1) is 11.3 Å². The summed E-state index contributed by atoms with van der Waals surface area (Å²) < 4.78 is 5.92. The summed E-state index contributed by atoms with van der Waals surface area (Å²) in [4.78, 5) is 11.9. The van der Waals surface area contributed by atoms with Crippen LogP contribution in [0.1, 0.15) is 16.5 Å². The Morgan fingerprint density at radius 2 is 2.54 bits per heavy atom. The van der Waals surface area contributed by atoms with E-state index >= 15 is 0 Å². The number of thiophene rings is 1. The molecule has 5 heteroatoms. The van der Waals surface area contributed by atoms with Crippen molar-refractivity contribution in [2.24, 2.45) is 0 Å². The van der Waals surface area contributed by atoms with Crippen LogP contribution in [-0.4, -0.2) is 12.7 Å². The average molecular weight is 262 g/mol. The van der Waals surface area contributed by atoms with Crippen molar-refractivity contribution >= 4 is 33.4 Å². The molecule has 70 valence electrons. The van der Waals surface area contributed by atoms with Crippen molar-refractivity contribution < 1.29 is 9.53 Å². The van der Waals surface area contributed by atoms with Gasteiger partial charge in [0.05, 0.1) is 3.79 Å². The molecule has 1 aromatic rings. The number of hydrogen-bond donors (Lipinski definition) is 1. The van der Waals surface area contributed by atoms with Crippen molar-refractivity contribution in [2.45, 2.75) is 13.0 Å². The molecule has 1 aliphatic rings. The van der Waals surface area contributed by atoms with Gasteiger partial charge in [-0.05, 0) is 34.5 Å². The lowest BCUT2D eigenvalue weighted by molar-refractivity contribution is 0.177. The van der Waals surface area contributed by atoms with Crippen molar-refractivity contribution in [2.75, 3.05) is 6.61 Å². The zero-order valence-electron chi connectivity index (χ0n) is 6.96. The summed E-state index contributed by atoms with van der Waals surface area (Å²) in [6.45, 7) is 2.47. The van der Waals surface area contributed by atoms with Gasteiger partial charge in [-0.1, -0.05) is 0 Å². The van der Waals surface area contributed by atoms with Gasteiger partial charge >= 0.3 is 6.09 Å². The van der Waals surface area contributed by atoms with Crippen molar-refractivity contribution in [3.63, 3.8) is 0 Å².